The molecule has 0 unspecified atom stereocenters. The van der Waals surface area contributed by atoms with Crippen molar-refractivity contribution in [3.05, 3.63) is 59.7 Å². The van der Waals surface area contributed by atoms with Crippen LogP contribution in [0.2, 0.25) is 0 Å². The zero-order valence-electron chi connectivity index (χ0n) is 17.7. The van der Waals surface area contributed by atoms with Crippen LogP contribution in [0.25, 0.3) is 0 Å². The number of rotatable bonds is 13. The third-order valence-corrected chi connectivity index (χ3v) is 4.62. The van der Waals surface area contributed by atoms with E-state index in [9.17, 15) is 9.59 Å². The first-order valence-electron chi connectivity index (χ1n) is 10.7. The summed E-state index contributed by atoms with van der Waals surface area (Å²) in [4.78, 5) is 24.5. The molecule has 30 heavy (non-hydrogen) atoms. The Morgan fingerprint density at radius 2 is 1.60 bits per heavy atom. The number of carbonyl (C=O) groups excluding carboxylic acids is 2. The van der Waals surface area contributed by atoms with Crippen molar-refractivity contribution in [1.29, 1.82) is 0 Å². The number of amides is 1. The van der Waals surface area contributed by atoms with E-state index in [0.717, 1.165) is 12.8 Å². The highest BCUT2D eigenvalue weighted by atomic mass is 16.5. The number of carbonyl (C=O) groups is 2. The number of esters is 1. The number of unbranched alkanes of at least 4 members (excludes halogenated alkanes) is 5. The molecule has 0 fully saturated rings. The summed E-state index contributed by atoms with van der Waals surface area (Å²) in [5, 5.41) is 2.84. The number of para-hydroxylation sites is 1. The lowest BCUT2D eigenvalue weighted by Gasteiger charge is -2.12. The molecule has 0 aromatic heterocycles. The molecule has 1 amide bonds. The fourth-order valence-electron chi connectivity index (χ4n) is 2.97. The molecule has 6 heteroatoms. The quantitative estimate of drug-likeness (QED) is 0.364. The maximum absolute atomic E-state index is 12.7. The number of nitrogens with two attached hydrogens (primary N) is 1. The molecule has 2 aromatic carbocycles. The molecule has 3 N–H and O–H groups in total. The lowest BCUT2D eigenvalue weighted by molar-refractivity contribution is 0.0516. The minimum Gasteiger partial charge on any atom is -0.493 e. The topological polar surface area (TPSA) is 90.6 Å². The summed E-state index contributed by atoms with van der Waals surface area (Å²) in [6.07, 6.45) is 7.10. The molecule has 0 aliphatic carbocycles. The van der Waals surface area contributed by atoms with Gasteiger partial charge in [0, 0.05) is 12.2 Å². The second-order valence-electron chi connectivity index (χ2n) is 7.07. The van der Waals surface area contributed by atoms with Crippen molar-refractivity contribution in [2.75, 3.05) is 25.1 Å². The van der Waals surface area contributed by atoms with Crippen LogP contribution in [-0.4, -0.2) is 31.6 Å². The van der Waals surface area contributed by atoms with E-state index in [1.165, 1.54) is 25.7 Å². The van der Waals surface area contributed by atoms with Gasteiger partial charge < -0.3 is 20.5 Å². The first-order valence-corrected chi connectivity index (χ1v) is 10.7. The lowest BCUT2D eigenvalue weighted by Crippen LogP contribution is -2.15. The van der Waals surface area contributed by atoms with Gasteiger partial charge in [-0.15, -0.1) is 0 Å². The number of hydrogen-bond acceptors (Lipinski definition) is 5. The van der Waals surface area contributed by atoms with Crippen molar-refractivity contribution in [3.63, 3.8) is 0 Å². The van der Waals surface area contributed by atoms with Crippen molar-refractivity contribution in [1.82, 2.24) is 0 Å². The Kier molecular flexibility index (Phi) is 10.4. The number of ether oxygens (including phenoxy) is 2. The minimum atomic E-state index is -0.438. The maximum Gasteiger partial charge on any atom is 0.338 e. The van der Waals surface area contributed by atoms with Gasteiger partial charge in [-0.1, -0.05) is 51.2 Å². The van der Waals surface area contributed by atoms with E-state index < -0.39 is 5.97 Å². The van der Waals surface area contributed by atoms with Gasteiger partial charge in [0.1, 0.15) is 12.4 Å². The van der Waals surface area contributed by atoms with Gasteiger partial charge in [-0.3, -0.25) is 4.79 Å². The number of benzene rings is 2. The summed E-state index contributed by atoms with van der Waals surface area (Å²) in [6, 6.07) is 13.8. The predicted octanol–water partition coefficient (Wildman–Crippen LogP) is 4.79. The second kappa shape index (κ2) is 13.4. The molecule has 2 aromatic rings. The maximum atomic E-state index is 12.7. The van der Waals surface area contributed by atoms with Crippen LogP contribution >= 0.6 is 0 Å². The summed E-state index contributed by atoms with van der Waals surface area (Å²) >= 11 is 0. The smallest absolute Gasteiger partial charge is 0.338 e. The second-order valence-corrected chi connectivity index (χ2v) is 7.07. The molecule has 0 spiro atoms. The summed E-state index contributed by atoms with van der Waals surface area (Å²) < 4.78 is 10.8. The molecule has 6 nitrogen and oxygen atoms in total. The number of anilines is 1. The Morgan fingerprint density at radius 3 is 2.33 bits per heavy atom. The molecule has 0 heterocycles. The van der Waals surface area contributed by atoms with Crippen molar-refractivity contribution in [2.24, 2.45) is 5.73 Å². The van der Waals surface area contributed by atoms with Crippen molar-refractivity contribution >= 4 is 17.6 Å². The highest BCUT2D eigenvalue weighted by molar-refractivity contribution is 6.06. The largest absolute Gasteiger partial charge is 0.493 e. The van der Waals surface area contributed by atoms with Gasteiger partial charge in [-0.25, -0.2) is 4.79 Å². The number of nitrogens with one attached hydrogen (secondary N) is 1. The lowest BCUT2D eigenvalue weighted by atomic mass is 10.1. The molecular formula is C24H32N2O4. The van der Waals surface area contributed by atoms with E-state index in [1.807, 2.05) is 18.2 Å². The number of hydrogen-bond donors (Lipinski definition) is 2. The molecule has 0 atom stereocenters. The summed E-state index contributed by atoms with van der Waals surface area (Å²) in [6.45, 7) is 3.25. The Balaban J connectivity index is 1.88. The van der Waals surface area contributed by atoms with E-state index >= 15 is 0 Å². The Bertz CT molecular complexity index is 790. The van der Waals surface area contributed by atoms with Crippen LogP contribution in [0.3, 0.4) is 0 Å². The molecule has 0 bridgehead atoms. The van der Waals surface area contributed by atoms with Crippen LogP contribution in [0.5, 0.6) is 5.75 Å². The van der Waals surface area contributed by atoms with Crippen LogP contribution in [-0.2, 0) is 4.74 Å². The van der Waals surface area contributed by atoms with Crippen LogP contribution in [0.15, 0.2) is 48.5 Å². The molecule has 162 valence electrons. The third-order valence-electron chi connectivity index (χ3n) is 4.62. The Hall–Kier alpha value is -2.86. The average molecular weight is 413 g/mol. The van der Waals surface area contributed by atoms with Crippen LogP contribution in [0.4, 0.5) is 5.69 Å². The minimum absolute atomic E-state index is 0.173. The van der Waals surface area contributed by atoms with Crippen molar-refractivity contribution in [2.45, 2.75) is 45.4 Å². The normalized spacial score (nSPS) is 10.5. The summed E-state index contributed by atoms with van der Waals surface area (Å²) in [5.41, 5.74) is 6.80. The molecule has 0 saturated carbocycles. The van der Waals surface area contributed by atoms with Gasteiger partial charge in [-0.2, -0.15) is 0 Å². The fourth-order valence-corrected chi connectivity index (χ4v) is 2.97. The standard InChI is InChI=1S/C24H32N2O4/c1-2-3-4-5-6-9-17-29-22-11-8-7-10-21(22)23(27)26-20-14-12-19(13-15-20)24(28)30-18-16-25/h7-8,10-15H,2-6,9,16-18,25H2,1H3,(H,26,27). The monoisotopic (exact) mass is 412 g/mol. The third kappa shape index (κ3) is 7.87. The SMILES string of the molecule is CCCCCCCCOc1ccccc1C(=O)Nc1ccc(C(=O)OCCN)cc1. The molecule has 0 saturated heterocycles. The van der Waals surface area contributed by atoms with Crippen LogP contribution < -0.4 is 15.8 Å². The summed E-state index contributed by atoms with van der Waals surface area (Å²) in [7, 11) is 0. The van der Waals surface area contributed by atoms with Gasteiger partial charge in [0.25, 0.3) is 5.91 Å². The highest BCUT2D eigenvalue weighted by Gasteiger charge is 2.13. The first kappa shape index (κ1) is 23.4. The van der Waals surface area contributed by atoms with Gasteiger partial charge in [0.15, 0.2) is 0 Å². The highest BCUT2D eigenvalue weighted by Crippen LogP contribution is 2.21. The van der Waals surface area contributed by atoms with Crippen LogP contribution in [0.1, 0.15) is 66.2 Å². The molecule has 0 aliphatic heterocycles. The Morgan fingerprint density at radius 1 is 0.900 bits per heavy atom. The summed E-state index contributed by atoms with van der Waals surface area (Å²) in [5.74, 6) is -0.121. The van der Waals surface area contributed by atoms with Gasteiger partial charge >= 0.3 is 5.97 Å². The zero-order chi connectivity index (χ0) is 21.6. The fraction of sp³-hybridized carbons (Fsp3) is 0.417. The molecule has 2 rings (SSSR count). The average Bonchev–Trinajstić information content (AvgIpc) is 2.77. The zero-order valence-corrected chi connectivity index (χ0v) is 17.7. The van der Waals surface area contributed by atoms with Crippen molar-refractivity contribution < 1.29 is 19.1 Å². The first-order chi connectivity index (χ1) is 14.7. The van der Waals surface area contributed by atoms with E-state index in [2.05, 4.69) is 12.2 Å². The van der Waals surface area contributed by atoms with Crippen molar-refractivity contribution in [3.8, 4) is 5.75 Å². The Labute approximate surface area is 178 Å². The van der Waals surface area contributed by atoms with E-state index in [1.54, 1.807) is 30.3 Å². The predicted molar refractivity (Wildman–Crippen MR) is 119 cm³/mol. The molecule has 0 aliphatic rings. The van der Waals surface area contributed by atoms with Gasteiger partial charge in [0.2, 0.25) is 0 Å². The molecular weight excluding hydrogens is 380 g/mol. The van der Waals surface area contributed by atoms with E-state index in [-0.39, 0.29) is 19.1 Å². The molecule has 0 radical (unpaired) electrons. The van der Waals surface area contributed by atoms with E-state index in [0.29, 0.717) is 29.2 Å². The van der Waals surface area contributed by atoms with E-state index in [4.69, 9.17) is 15.2 Å². The van der Waals surface area contributed by atoms with Crippen LogP contribution in [0, 0.1) is 0 Å². The van der Waals surface area contributed by atoms with Gasteiger partial charge in [0.05, 0.1) is 17.7 Å². The van der Waals surface area contributed by atoms with Gasteiger partial charge in [-0.05, 0) is 42.8 Å².